The molecule has 0 spiro atoms. The molecule has 0 fully saturated rings. The number of nitrogens with zero attached hydrogens (tertiary/aromatic N) is 1. The first-order valence-corrected chi connectivity index (χ1v) is 6.26. The summed E-state index contributed by atoms with van der Waals surface area (Å²) in [5.41, 5.74) is -0.455. The van der Waals surface area contributed by atoms with Crippen LogP contribution >= 0.6 is 11.8 Å². The maximum Gasteiger partial charge on any atom is 0.335 e. The second-order valence-corrected chi connectivity index (χ2v) is 5.35. The predicted octanol–water partition coefficient (Wildman–Crippen LogP) is 2.07. The maximum atomic E-state index is 11.5. The summed E-state index contributed by atoms with van der Waals surface area (Å²) in [6.07, 6.45) is 1.44. The number of hydrogen-bond donors (Lipinski definition) is 1. The average Bonchev–Trinajstić information content (AvgIpc) is 2.35. The van der Waals surface area contributed by atoms with Gasteiger partial charge in [-0.3, -0.25) is 4.79 Å². The number of carboxylic acids is 1. The quantitative estimate of drug-likeness (QED) is 0.651. The lowest BCUT2D eigenvalue weighted by atomic mass is 9.97. The Hall–Kier alpha value is -1.56. The zero-order valence-electron chi connectivity index (χ0n) is 10.5. The van der Waals surface area contributed by atoms with Crippen molar-refractivity contribution in [1.82, 2.24) is 4.98 Å². The van der Waals surface area contributed by atoms with Gasteiger partial charge in [0.25, 0.3) is 0 Å². The number of ether oxygens (including phenoxy) is 1. The molecule has 0 bridgehead atoms. The molecule has 98 valence electrons. The molecule has 0 saturated carbocycles. The lowest BCUT2D eigenvalue weighted by molar-refractivity contribution is -0.149. The van der Waals surface area contributed by atoms with Crippen molar-refractivity contribution in [3.63, 3.8) is 0 Å². The number of rotatable bonds is 5. The van der Waals surface area contributed by atoms with Gasteiger partial charge in [0, 0.05) is 11.9 Å². The van der Waals surface area contributed by atoms with Gasteiger partial charge in [-0.05, 0) is 26.0 Å². The summed E-state index contributed by atoms with van der Waals surface area (Å²) in [6, 6.07) is 2.91. The fraction of sp³-hybridized carbons (Fsp3) is 0.417. The first-order valence-electron chi connectivity index (χ1n) is 5.27. The Labute approximate surface area is 110 Å². The molecule has 0 saturated heterocycles. The van der Waals surface area contributed by atoms with Crippen molar-refractivity contribution in [2.24, 2.45) is 5.41 Å². The van der Waals surface area contributed by atoms with Crippen molar-refractivity contribution in [1.29, 1.82) is 0 Å². The summed E-state index contributed by atoms with van der Waals surface area (Å²) in [5.74, 6) is -0.827. The number of aromatic nitrogens is 1. The van der Waals surface area contributed by atoms with Crippen molar-refractivity contribution in [2.45, 2.75) is 18.9 Å². The molecule has 1 rings (SSSR count). The number of pyridine rings is 1. The van der Waals surface area contributed by atoms with E-state index >= 15 is 0 Å². The van der Waals surface area contributed by atoms with E-state index in [1.165, 1.54) is 37.2 Å². The fourth-order valence-corrected chi connectivity index (χ4v) is 2.18. The first-order chi connectivity index (χ1) is 8.36. The Bertz CT molecular complexity index is 459. The molecule has 1 aromatic heterocycles. The third-order valence-electron chi connectivity index (χ3n) is 2.30. The van der Waals surface area contributed by atoms with E-state index in [0.29, 0.717) is 10.8 Å². The highest BCUT2D eigenvalue weighted by Crippen LogP contribution is 2.27. The van der Waals surface area contributed by atoms with Gasteiger partial charge in [-0.2, -0.15) is 0 Å². The minimum Gasteiger partial charge on any atom is -0.478 e. The number of methoxy groups -OCH3 is 1. The van der Waals surface area contributed by atoms with Gasteiger partial charge in [0.15, 0.2) is 0 Å². The van der Waals surface area contributed by atoms with E-state index in [1.54, 1.807) is 13.8 Å². The van der Waals surface area contributed by atoms with Crippen LogP contribution in [-0.4, -0.2) is 34.9 Å². The highest BCUT2D eigenvalue weighted by molar-refractivity contribution is 7.99. The summed E-state index contributed by atoms with van der Waals surface area (Å²) in [4.78, 5) is 26.3. The molecule has 1 aromatic rings. The van der Waals surface area contributed by atoms with E-state index in [1.807, 2.05) is 0 Å². The summed E-state index contributed by atoms with van der Waals surface area (Å²) in [6.45, 7) is 3.54. The fourth-order valence-electron chi connectivity index (χ4n) is 1.21. The summed E-state index contributed by atoms with van der Waals surface area (Å²) in [5, 5.41) is 9.43. The van der Waals surface area contributed by atoms with E-state index in [-0.39, 0.29) is 11.5 Å². The first kappa shape index (κ1) is 14.5. The largest absolute Gasteiger partial charge is 0.478 e. The van der Waals surface area contributed by atoms with E-state index in [2.05, 4.69) is 4.98 Å². The molecule has 0 radical (unpaired) electrons. The molecule has 1 heterocycles. The molecule has 5 nitrogen and oxygen atoms in total. The summed E-state index contributed by atoms with van der Waals surface area (Å²) < 4.78 is 4.70. The van der Waals surface area contributed by atoms with Crippen LogP contribution in [0.4, 0.5) is 0 Å². The highest BCUT2D eigenvalue weighted by atomic mass is 32.2. The van der Waals surface area contributed by atoms with Crippen LogP contribution in [0.2, 0.25) is 0 Å². The minimum absolute atomic E-state index is 0.184. The van der Waals surface area contributed by atoms with Crippen LogP contribution in [0.3, 0.4) is 0 Å². The van der Waals surface area contributed by atoms with E-state index in [9.17, 15) is 9.59 Å². The Morgan fingerprint density at radius 2 is 2.17 bits per heavy atom. The number of carbonyl (C=O) groups is 2. The Kier molecular flexibility index (Phi) is 4.72. The maximum absolute atomic E-state index is 11.5. The normalized spacial score (nSPS) is 11.1. The molecular formula is C12H15NO4S. The number of thioether (sulfide) groups is 1. The molecule has 18 heavy (non-hydrogen) atoms. The SMILES string of the molecule is COC(=O)C(C)(C)CSc1cc(C(=O)O)ccn1. The summed E-state index contributed by atoms with van der Waals surface area (Å²) in [7, 11) is 1.35. The number of hydrogen-bond acceptors (Lipinski definition) is 5. The lowest BCUT2D eigenvalue weighted by Crippen LogP contribution is -2.28. The third-order valence-corrected chi connectivity index (χ3v) is 3.69. The van der Waals surface area contributed by atoms with E-state index in [0.717, 1.165) is 0 Å². The van der Waals surface area contributed by atoms with Crippen molar-refractivity contribution < 1.29 is 19.4 Å². The van der Waals surface area contributed by atoms with Crippen LogP contribution in [0.5, 0.6) is 0 Å². The van der Waals surface area contributed by atoms with Crippen molar-refractivity contribution in [3.8, 4) is 0 Å². The minimum atomic E-state index is -0.994. The second-order valence-electron chi connectivity index (χ2n) is 4.35. The second kappa shape index (κ2) is 5.86. The molecule has 0 aliphatic heterocycles. The van der Waals surface area contributed by atoms with E-state index < -0.39 is 11.4 Å². The van der Waals surface area contributed by atoms with Gasteiger partial charge in [0.1, 0.15) is 0 Å². The van der Waals surface area contributed by atoms with Crippen LogP contribution < -0.4 is 0 Å². The van der Waals surface area contributed by atoms with Crippen molar-refractivity contribution in [3.05, 3.63) is 23.9 Å². The zero-order valence-corrected chi connectivity index (χ0v) is 11.3. The van der Waals surface area contributed by atoms with Crippen LogP contribution in [0.25, 0.3) is 0 Å². The molecule has 1 N–H and O–H groups in total. The van der Waals surface area contributed by atoms with Crippen LogP contribution in [0, 0.1) is 5.41 Å². The molecule has 0 aliphatic carbocycles. The van der Waals surface area contributed by atoms with E-state index in [4.69, 9.17) is 9.84 Å². The van der Waals surface area contributed by atoms with Crippen LogP contribution in [-0.2, 0) is 9.53 Å². The highest BCUT2D eigenvalue weighted by Gasteiger charge is 2.28. The Morgan fingerprint density at radius 1 is 1.50 bits per heavy atom. The molecule has 6 heteroatoms. The van der Waals surface area contributed by atoms with Gasteiger partial charge in [-0.1, -0.05) is 0 Å². The topological polar surface area (TPSA) is 76.5 Å². The smallest absolute Gasteiger partial charge is 0.335 e. The van der Waals surface area contributed by atoms with Gasteiger partial charge >= 0.3 is 11.9 Å². The Balaban J connectivity index is 2.72. The van der Waals surface area contributed by atoms with Gasteiger partial charge in [-0.15, -0.1) is 11.8 Å². The number of aromatic carboxylic acids is 1. The Morgan fingerprint density at radius 3 is 2.72 bits per heavy atom. The molecule has 0 aliphatic rings. The van der Waals surface area contributed by atoms with Crippen molar-refractivity contribution >= 4 is 23.7 Å². The van der Waals surface area contributed by atoms with Crippen LogP contribution in [0.15, 0.2) is 23.4 Å². The molecule has 0 amide bonds. The number of esters is 1. The van der Waals surface area contributed by atoms with Gasteiger partial charge in [0.05, 0.1) is 23.1 Å². The number of carbonyl (C=O) groups excluding carboxylic acids is 1. The monoisotopic (exact) mass is 269 g/mol. The molecule has 0 unspecified atom stereocenters. The average molecular weight is 269 g/mol. The van der Waals surface area contributed by atoms with Gasteiger partial charge < -0.3 is 9.84 Å². The van der Waals surface area contributed by atoms with Gasteiger partial charge in [-0.25, -0.2) is 9.78 Å². The van der Waals surface area contributed by atoms with Crippen LogP contribution in [0.1, 0.15) is 24.2 Å². The van der Waals surface area contributed by atoms with Gasteiger partial charge in [0.2, 0.25) is 0 Å². The lowest BCUT2D eigenvalue weighted by Gasteiger charge is -2.20. The molecule has 0 aromatic carbocycles. The zero-order chi connectivity index (χ0) is 13.8. The molecule has 0 atom stereocenters. The standard InChI is InChI=1S/C12H15NO4S/c1-12(2,11(16)17-3)7-18-9-6-8(10(14)15)4-5-13-9/h4-6H,7H2,1-3H3,(H,14,15). The third kappa shape index (κ3) is 3.73. The molecular weight excluding hydrogens is 254 g/mol. The summed E-state index contributed by atoms with van der Waals surface area (Å²) >= 11 is 1.33. The van der Waals surface area contributed by atoms with Crippen molar-refractivity contribution in [2.75, 3.05) is 12.9 Å². The number of carboxylic acid groups (broad SMARTS) is 1. The predicted molar refractivity (Wildman–Crippen MR) is 67.7 cm³/mol.